The molecular weight excluding hydrogens is 298 g/mol. The summed E-state index contributed by atoms with van der Waals surface area (Å²) in [4.78, 5) is 17.8. The van der Waals surface area contributed by atoms with Gasteiger partial charge in [0.25, 0.3) is 0 Å². The van der Waals surface area contributed by atoms with Crippen molar-refractivity contribution in [3.05, 3.63) is 70.7 Å². The van der Waals surface area contributed by atoms with Crippen LogP contribution in [0.5, 0.6) is 0 Å². The van der Waals surface area contributed by atoms with E-state index in [-0.39, 0.29) is 11.8 Å². The van der Waals surface area contributed by atoms with Crippen LogP contribution < -0.4 is 0 Å². The molecule has 1 aliphatic rings. The molecule has 1 fully saturated rings. The molecule has 22 heavy (non-hydrogen) atoms. The van der Waals surface area contributed by atoms with Crippen LogP contribution >= 0.6 is 11.6 Å². The fourth-order valence-electron chi connectivity index (χ4n) is 2.73. The highest BCUT2D eigenvalue weighted by Gasteiger charge is 2.24. The van der Waals surface area contributed by atoms with Crippen molar-refractivity contribution in [2.75, 3.05) is 13.2 Å². The van der Waals surface area contributed by atoms with Gasteiger partial charge in [0.1, 0.15) is 0 Å². The molecule has 0 aliphatic carbocycles. The number of carbonyl (C=O) groups excluding carboxylic acids is 1. The highest BCUT2D eigenvalue weighted by molar-refractivity contribution is 6.30. The third kappa shape index (κ3) is 3.49. The monoisotopic (exact) mass is 315 g/mol. The van der Waals surface area contributed by atoms with Crippen LogP contribution in [-0.2, 0) is 9.63 Å². The zero-order valence-corrected chi connectivity index (χ0v) is 13.0. The molecule has 4 heteroatoms. The predicted octanol–water partition coefficient (Wildman–Crippen LogP) is 4.03. The van der Waals surface area contributed by atoms with E-state index in [9.17, 15) is 4.79 Å². The molecule has 3 rings (SSSR count). The minimum atomic E-state index is 0.00941. The Morgan fingerprint density at radius 2 is 1.77 bits per heavy atom. The van der Waals surface area contributed by atoms with Crippen molar-refractivity contribution >= 4 is 17.5 Å². The van der Waals surface area contributed by atoms with Crippen LogP contribution in [0.15, 0.2) is 54.6 Å². The van der Waals surface area contributed by atoms with Crippen molar-refractivity contribution < 1.29 is 9.63 Å². The lowest BCUT2D eigenvalue weighted by atomic mass is 9.88. The summed E-state index contributed by atoms with van der Waals surface area (Å²) < 4.78 is 0. The summed E-state index contributed by atoms with van der Waals surface area (Å²) in [5.74, 6) is 0.0384. The molecule has 0 N–H and O–H groups in total. The van der Waals surface area contributed by atoms with Crippen molar-refractivity contribution in [1.29, 1.82) is 0 Å². The molecule has 1 saturated heterocycles. The second-order valence-corrected chi connectivity index (χ2v) is 5.84. The quantitative estimate of drug-likeness (QED) is 0.852. The van der Waals surface area contributed by atoms with Gasteiger partial charge in [-0.05, 0) is 29.7 Å². The summed E-state index contributed by atoms with van der Waals surface area (Å²) in [6.07, 6.45) is 1.30. The zero-order valence-electron chi connectivity index (χ0n) is 12.2. The van der Waals surface area contributed by atoms with E-state index in [0.717, 1.165) is 17.5 Å². The topological polar surface area (TPSA) is 29.5 Å². The predicted molar refractivity (Wildman–Crippen MR) is 86.6 cm³/mol. The van der Waals surface area contributed by atoms with Crippen LogP contribution in [0.1, 0.15) is 29.9 Å². The maximum atomic E-state index is 12.4. The van der Waals surface area contributed by atoms with E-state index >= 15 is 0 Å². The maximum Gasteiger partial charge on any atom is 0.247 e. The lowest BCUT2D eigenvalue weighted by Gasteiger charge is -2.21. The van der Waals surface area contributed by atoms with Gasteiger partial charge in [-0.1, -0.05) is 54.1 Å². The Morgan fingerprint density at radius 3 is 2.41 bits per heavy atom. The number of benzene rings is 2. The maximum absolute atomic E-state index is 12.4. The largest absolute Gasteiger partial charge is 0.273 e. The average Bonchev–Trinajstić information content (AvgIpc) is 3.09. The van der Waals surface area contributed by atoms with Crippen molar-refractivity contribution in [3.63, 3.8) is 0 Å². The van der Waals surface area contributed by atoms with Crippen molar-refractivity contribution in [3.8, 4) is 0 Å². The molecule has 2 aromatic rings. The van der Waals surface area contributed by atoms with E-state index in [4.69, 9.17) is 16.4 Å². The Morgan fingerprint density at radius 1 is 1.09 bits per heavy atom. The summed E-state index contributed by atoms with van der Waals surface area (Å²) >= 11 is 5.98. The SMILES string of the molecule is O=C(CC(c1ccccc1)c1ccc(Cl)cc1)N1CCCO1. The van der Waals surface area contributed by atoms with Gasteiger partial charge in [0.2, 0.25) is 5.91 Å². The summed E-state index contributed by atoms with van der Waals surface area (Å²) in [5, 5.41) is 2.19. The van der Waals surface area contributed by atoms with Crippen molar-refractivity contribution in [1.82, 2.24) is 5.06 Å². The standard InChI is InChI=1S/C18H18ClNO2/c19-16-9-7-15(8-10-16)17(14-5-2-1-3-6-14)13-18(21)20-11-4-12-22-20/h1-3,5-10,17H,4,11-13H2. The van der Waals surface area contributed by atoms with Crippen molar-refractivity contribution in [2.24, 2.45) is 0 Å². The van der Waals surface area contributed by atoms with Crippen molar-refractivity contribution in [2.45, 2.75) is 18.8 Å². The second-order valence-electron chi connectivity index (χ2n) is 5.40. The van der Waals surface area contributed by atoms with E-state index in [1.54, 1.807) is 0 Å². The minimum absolute atomic E-state index is 0.00941. The van der Waals surface area contributed by atoms with Crippen LogP contribution in [0.25, 0.3) is 0 Å². The van der Waals surface area contributed by atoms with Gasteiger partial charge in [-0.15, -0.1) is 0 Å². The molecule has 0 aromatic heterocycles. The number of hydrogen-bond donors (Lipinski definition) is 0. The number of hydrogen-bond acceptors (Lipinski definition) is 2. The Bertz CT molecular complexity index is 621. The Hall–Kier alpha value is -1.84. The smallest absolute Gasteiger partial charge is 0.247 e. The van der Waals surface area contributed by atoms with Gasteiger partial charge in [0.05, 0.1) is 13.2 Å². The van der Waals surface area contributed by atoms with Crippen LogP contribution in [0.3, 0.4) is 0 Å². The highest BCUT2D eigenvalue weighted by Crippen LogP contribution is 2.30. The molecule has 1 unspecified atom stereocenters. The Balaban J connectivity index is 1.86. The zero-order chi connectivity index (χ0) is 15.4. The molecule has 0 spiro atoms. The van der Waals surface area contributed by atoms with Gasteiger partial charge >= 0.3 is 0 Å². The second kappa shape index (κ2) is 6.95. The van der Waals surface area contributed by atoms with Gasteiger partial charge in [-0.2, -0.15) is 0 Å². The first-order chi connectivity index (χ1) is 10.7. The Kier molecular flexibility index (Phi) is 4.76. The summed E-state index contributed by atoms with van der Waals surface area (Å²) in [6.45, 7) is 1.31. The average molecular weight is 316 g/mol. The molecule has 0 radical (unpaired) electrons. The summed E-state index contributed by atoms with van der Waals surface area (Å²) in [7, 11) is 0. The molecule has 1 heterocycles. The van der Waals surface area contributed by atoms with Gasteiger partial charge in [0.15, 0.2) is 0 Å². The van der Waals surface area contributed by atoms with E-state index in [1.165, 1.54) is 5.06 Å². The van der Waals surface area contributed by atoms with Crippen LogP contribution in [0.4, 0.5) is 0 Å². The van der Waals surface area contributed by atoms with E-state index in [1.807, 2.05) is 42.5 Å². The third-order valence-corrected chi connectivity index (χ3v) is 4.14. The molecule has 1 atom stereocenters. The number of halogens is 1. The lowest BCUT2D eigenvalue weighted by Crippen LogP contribution is -2.28. The highest BCUT2D eigenvalue weighted by atomic mass is 35.5. The molecular formula is C18H18ClNO2. The first-order valence-electron chi connectivity index (χ1n) is 7.48. The third-order valence-electron chi connectivity index (χ3n) is 3.88. The first kappa shape index (κ1) is 15.1. The minimum Gasteiger partial charge on any atom is -0.273 e. The van der Waals surface area contributed by atoms with Gasteiger partial charge in [-0.25, -0.2) is 5.06 Å². The fraction of sp³-hybridized carbons (Fsp3) is 0.278. The molecule has 0 saturated carbocycles. The van der Waals surface area contributed by atoms with Crippen LogP contribution in [0.2, 0.25) is 5.02 Å². The number of nitrogens with zero attached hydrogens (tertiary/aromatic N) is 1. The van der Waals surface area contributed by atoms with Gasteiger partial charge < -0.3 is 0 Å². The van der Waals surface area contributed by atoms with Crippen LogP contribution in [0, 0.1) is 0 Å². The summed E-state index contributed by atoms with van der Waals surface area (Å²) in [6, 6.07) is 17.8. The van der Waals surface area contributed by atoms with E-state index in [2.05, 4.69) is 12.1 Å². The molecule has 114 valence electrons. The number of carbonyl (C=O) groups is 1. The van der Waals surface area contributed by atoms with E-state index in [0.29, 0.717) is 24.6 Å². The number of hydroxylamine groups is 2. The number of amides is 1. The molecule has 1 aliphatic heterocycles. The number of rotatable bonds is 4. The molecule has 1 amide bonds. The Labute approximate surface area is 135 Å². The van der Waals surface area contributed by atoms with Gasteiger partial charge in [-0.3, -0.25) is 9.63 Å². The lowest BCUT2D eigenvalue weighted by molar-refractivity contribution is -0.168. The molecule has 3 nitrogen and oxygen atoms in total. The normalized spacial score (nSPS) is 15.8. The van der Waals surface area contributed by atoms with Gasteiger partial charge in [0, 0.05) is 17.4 Å². The summed E-state index contributed by atoms with van der Waals surface area (Å²) in [5.41, 5.74) is 2.21. The molecule has 2 aromatic carbocycles. The van der Waals surface area contributed by atoms with E-state index < -0.39 is 0 Å². The molecule has 0 bridgehead atoms. The fourth-order valence-corrected chi connectivity index (χ4v) is 2.86. The first-order valence-corrected chi connectivity index (χ1v) is 7.85. The van der Waals surface area contributed by atoms with Crippen LogP contribution in [-0.4, -0.2) is 24.1 Å².